The Bertz CT molecular complexity index is 1060. The molecule has 0 radical (unpaired) electrons. The average molecular weight is 477 g/mol. The Morgan fingerprint density at radius 2 is 1.73 bits per heavy atom. The van der Waals surface area contributed by atoms with Crippen molar-refractivity contribution >= 4 is 33.6 Å². The van der Waals surface area contributed by atoms with Gasteiger partial charge in [0, 0.05) is 38.7 Å². The first-order valence-electron chi connectivity index (χ1n) is 11.4. The highest BCUT2D eigenvalue weighted by molar-refractivity contribution is 7.86. The molecule has 1 aromatic carbocycles. The van der Waals surface area contributed by atoms with Gasteiger partial charge in [-0.15, -0.1) is 0 Å². The maximum Gasteiger partial charge on any atom is 0.282 e. The number of amides is 3. The summed E-state index contributed by atoms with van der Waals surface area (Å²) in [5.41, 5.74) is 1.41. The molecule has 10 heteroatoms. The van der Waals surface area contributed by atoms with E-state index in [0.717, 1.165) is 5.56 Å². The van der Waals surface area contributed by atoms with Gasteiger partial charge in [-0.2, -0.15) is 17.0 Å². The van der Waals surface area contributed by atoms with Gasteiger partial charge in [-0.05, 0) is 36.0 Å². The van der Waals surface area contributed by atoms with Crippen LogP contribution in [0.4, 0.5) is 5.69 Å². The Kier molecular flexibility index (Phi) is 6.13. The lowest BCUT2D eigenvalue weighted by atomic mass is 10.0. The first-order valence-corrected chi connectivity index (χ1v) is 12.8. The molecule has 2 aliphatic heterocycles. The molecule has 9 nitrogen and oxygen atoms in total. The van der Waals surface area contributed by atoms with Crippen molar-refractivity contribution in [3.8, 4) is 0 Å². The molecule has 3 fully saturated rings. The lowest BCUT2D eigenvalue weighted by Gasteiger charge is -2.29. The molecule has 0 aromatic heterocycles. The highest BCUT2D eigenvalue weighted by Crippen LogP contribution is 2.49. The van der Waals surface area contributed by atoms with E-state index < -0.39 is 28.2 Å². The first kappa shape index (κ1) is 23.8. The molecule has 1 N–H and O–H groups in total. The molecule has 3 amide bonds. The molecule has 1 aliphatic carbocycles. The molecular formula is C23H32N4O5S. The first-order chi connectivity index (χ1) is 15.4. The number of hydrogen-bond acceptors (Lipinski definition) is 5. The molecule has 4 rings (SSSR count). The van der Waals surface area contributed by atoms with Crippen molar-refractivity contribution in [1.82, 2.24) is 13.5 Å². The van der Waals surface area contributed by atoms with Gasteiger partial charge in [-0.25, -0.2) is 0 Å². The van der Waals surface area contributed by atoms with Gasteiger partial charge in [0.2, 0.25) is 17.7 Å². The third-order valence-electron chi connectivity index (χ3n) is 7.56. The monoisotopic (exact) mass is 476 g/mol. The fourth-order valence-corrected chi connectivity index (χ4v) is 7.03. The van der Waals surface area contributed by atoms with Crippen LogP contribution in [0.1, 0.15) is 39.7 Å². The van der Waals surface area contributed by atoms with Crippen LogP contribution in [-0.4, -0.2) is 65.3 Å². The van der Waals surface area contributed by atoms with Crippen molar-refractivity contribution in [1.29, 1.82) is 0 Å². The standard InChI is InChI=1S/C23H32N4O5S/c1-13-14(2)20(13)23(30)27-19-10-11-26(21(19)15(3)22(27)29)33(31,32)25(5)12-17-6-8-18(9-7-17)24-16(4)28/h6-9,13-15,19-21H,10-12H2,1-5H3,(H,24,28)/t13-,14+,15-,19-,20?,21+/m0/s1. The van der Waals surface area contributed by atoms with Gasteiger partial charge in [-0.1, -0.05) is 32.9 Å². The van der Waals surface area contributed by atoms with Gasteiger partial charge in [-0.3, -0.25) is 19.3 Å². The van der Waals surface area contributed by atoms with Crippen LogP contribution in [0, 0.1) is 23.7 Å². The molecule has 1 aromatic rings. The Balaban J connectivity index is 1.49. The summed E-state index contributed by atoms with van der Waals surface area (Å²) in [6.07, 6.45) is 0.459. The van der Waals surface area contributed by atoms with Gasteiger partial charge < -0.3 is 5.32 Å². The van der Waals surface area contributed by atoms with Crippen LogP contribution in [0.15, 0.2) is 24.3 Å². The van der Waals surface area contributed by atoms with E-state index in [0.29, 0.717) is 12.1 Å². The second-order valence-corrected chi connectivity index (χ2v) is 11.7. The highest BCUT2D eigenvalue weighted by atomic mass is 32.2. The van der Waals surface area contributed by atoms with Crippen molar-refractivity contribution in [2.24, 2.45) is 23.7 Å². The second-order valence-electron chi connectivity index (χ2n) is 9.68. The number of benzene rings is 1. The van der Waals surface area contributed by atoms with Gasteiger partial charge in [0.25, 0.3) is 10.2 Å². The lowest BCUT2D eigenvalue weighted by molar-refractivity contribution is -0.146. The largest absolute Gasteiger partial charge is 0.326 e. The quantitative estimate of drug-likeness (QED) is 0.629. The summed E-state index contributed by atoms with van der Waals surface area (Å²) in [5.74, 6) is -0.791. The number of nitrogens with one attached hydrogen (secondary N) is 1. The van der Waals surface area contributed by atoms with Crippen molar-refractivity contribution in [3.63, 3.8) is 0 Å². The summed E-state index contributed by atoms with van der Waals surface area (Å²) < 4.78 is 29.6. The minimum absolute atomic E-state index is 0.145. The maximum absolute atomic E-state index is 13.5. The Labute approximate surface area is 195 Å². The van der Waals surface area contributed by atoms with Crippen LogP contribution < -0.4 is 5.32 Å². The zero-order chi connectivity index (χ0) is 24.2. The fraction of sp³-hybridized carbons (Fsp3) is 0.609. The van der Waals surface area contributed by atoms with Gasteiger partial charge in [0.1, 0.15) is 0 Å². The smallest absolute Gasteiger partial charge is 0.282 e. The van der Waals surface area contributed by atoms with Crippen LogP contribution in [0.5, 0.6) is 0 Å². The zero-order valence-electron chi connectivity index (χ0n) is 19.7. The van der Waals surface area contributed by atoms with Crippen LogP contribution >= 0.6 is 0 Å². The predicted molar refractivity (Wildman–Crippen MR) is 123 cm³/mol. The third kappa shape index (κ3) is 4.08. The summed E-state index contributed by atoms with van der Waals surface area (Å²) in [4.78, 5) is 38.6. The number of rotatable bonds is 6. The molecule has 2 saturated heterocycles. The van der Waals surface area contributed by atoms with Crippen LogP contribution in [0.25, 0.3) is 0 Å². The topological polar surface area (TPSA) is 107 Å². The summed E-state index contributed by atoms with van der Waals surface area (Å²) in [6.45, 7) is 7.60. The highest BCUT2D eigenvalue weighted by Gasteiger charge is 2.60. The fourth-order valence-electron chi connectivity index (χ4n) is 5.39. The number of carbonyl (C=O) groups excluding carboxylic acids is 3. The number of anilines is 1. The molecule has 33 heavy (non-hydrogen) atoms. The Morgan fingerprint density at radius 3 is 2.27 bits per heavy atom. The molecule has 2 heterocycles. The molecule has 6 atom stereocenters. The molecule has 3 aliphatic rings. The second kappa shape index (κ2) is 8.48. The molecule has 1 unspecified atom stereocenters. The van der Waals surface area contributed by atoms with Gasteiger partial charge in [0.05, 0.1) is 18.0 Å². The summed E-state index contributed by atoms with van der Waals surface area (Å²) in [5, 5.41) is 2.68. The van der Waals surface area contributed by atoms with E-state index in [9.17, 15) is 22.8 Å². The molecule has 180 valence electrons. The molecule has 1 saturated carbocycles. The zero-order valence-corrected chi connectivity index (χ0v) is 20.5. The Morgan fingerprint density at radius 1 is 1.12 bits per heavy atom. The van der Waals surface area contributed by atoms with Crippen LogP contribution in [0.3, 0.4) is 0 Å². The van der Waals surface area contributed by atoms with Crippen molar-refractivity contribution < 1.29 is 22.8 Å². The van der Waals surface area contributed by atoms with E-state index in [-0.39, 0.29) is 48.6 Å². The average Bonchev–Trinajstić information content (AvgIpc) is 3.07. The van der Waals surface area contributed by atoms with Crippen molar-refractivity contribution in [3.05, 3.63) is 29.8 Å². The number of carbonyl (C=O) groups is 3. The predicted octanol–water partition coefficient (Wildman–Crippen LogP) is 1.67. The lowest BCUT2D eigenvalue weighted by Crippen LogP contribution is -2.48. The van der Waals surface area contributed by atoms with Crippen LogP contribution in [-0.2, 0) is 31.1 Å². The third-order valence-corrected chi connectivity index (χ3v) is 9.49. The van der Waals surface area contributed by atoms with E-state index >= 15 is 0 Å². The minimum Gasteiger partial charge on any atom is -0.326 e. The minimum atomic E-state index is -3.85. The Hall–Kier alpha value is -2.30. The number of likely N-dealkylation sites (tertiary alicyclic amines) is 1. The van der Waals surface area contributed by atoms with Crippen LogP contribution in [0.2, 0.25) is 0 Å². The number of imide groups is 1. The van der Waals surface area contributed by atoms with Crippen molar-refractivity contribution in [2.45, 2.75) is 52.7 Å². The summed E-state index contributed by atoms with van der Waals surface area (Å²) in [6, 6.07) is 6.04. The van der Waals surface area contributed by atoms with E-state index in [4.69, 9.17) is 0 Å². The summed E-state index contributed by atoms with van der Waals surface area (Å²) >= 11 is 0. The van der Waals surface area contributed by atoms with Gasteiger partial charge >= 0.3 is 0 Å². The van der Waals surface area contributed by atoms with E-state index in [1.807, 2.05) is 13.8 Å². The SMILES string of the molecule is CC(=O)Nc1ccc(CN(C)S(=O)(=O)N2CC[C@H]3[C@H]2[C@H](C)C(=O)N3C(=O)C2[C@@H](C)[C@H]2C)cc1. The van der Waals surface area contributed by atoms with Gasteiger partial charge in [0.15, 0.2) is 0 Å². The number of nitrogens with zero attached hydrogens (tertiary/aromatic N) is 3. The van der Waals surface area contributed by atoms with E-state index in [1.165, 1.54) is 27.5 Å². The maximum atomic E-state index is 13.5. The number of hydrogen-bond donors (Lipinski definition) is 1. The molecular weight excluding hydrogens is 444 g/mol. The number of fused-ring (bicyclic) bond motifs is 1. The van der Waals surface area contributed by atoms with E-state index in [1.54, 1.807) is 31.2 Å². The normalized spacial score (nSPS) is 31.7. The molecule has 0 bridgehead atoms. The van der Waals surface area contributed by atoms with Crippen molar-refractivity contribution in [2.75, 3.05) is 18.9 Å². The van der Waals surface area contributed by atoms with E-state index in [2.05, 4.69) is 5.32 Å². The molecule has 0 spiro atoms. The summed E-state index contributed by atoms with van der Waals surface area (Å²) in [7, 11) is -2.33.